The minimum atomic E-state index is 0.504. The van der Waals surface area contributed by atoms with E-state index in [-0.39, 0.29) is 0 Å². The van der Waals surface area contributed by atoms with Crippen molar-refractivity contribution in [3.05, 3.63) is 30.2 Å². The third-order valence-electron chi connectivity index (χ3n) is 1.97. The number of nitrogens with zero attached hydrogens (tertiary/aromatic N) is 2. The molecule has 1 aromatic heterocycles. The number of nitrogen functional groups attached to an aromatic ring is 1. The quantitative estimate of drug-likeness (QED) is 0.669. The van der Waals surface area contributed by atoms with E-state index < -0.39 is 0 Å². The summed E-state index contributed by atoms with van der Waals surface area (Å²) in [5, 5.41) is 7.43. The minimum Gasteiger partial charge on any atom is -0.423 e. The Morgan fingerprint density at radius 1 is 1.38 bits per heavy atom. The van der Waals surface area contributed by atoms with Crippen LogP contribution in [0.1, 0.15) is 5.56 Å². The number of anilines is 1. The lowest BCUT2D eigenvalue weighted by Crippen LogP contribution is -1.91. The largest absolute Gasteiger partial charge is 0.423 e. The summed E-state index contributed by atoms with van der Waals surface area (Å²) in [6.07, 6.45) is 1.30. The molecule has 1 heterocycles. The monoisotopic (exact) mass is 175 g/mol. The van der Waals surface area contributed by atoms with Crippen molar-refractivity contribution < 1.29 is 4.42 Å². The van der Waals surface area contributed by atoms with Crippen molar-refractivity contribution in [3.8, 4) is 11.5 Å². The number of rotatable bonds is 1. The Balaban J connectivity index is 2.59. The molecule has 0 amide bonds. The Hall–Kier alpha value is -1.84. The summed E-state index contributed by atoms with van der Waals surface area (Å²) in [6.45, 7) is 1.93. The van der Waals surface area contributed by atoms with E-state index >= 15 is 0 Å². The lowest BCUT2D eigenvalue weighted by atomic mass is 10.1. The molecule has 0 unspecified atom stereocenters. The number of benzene rings is 1. The van der Waals surface area contributed by atoms with E-state index in [0.717, 1.165) is 16.8 Å². The molecule has 0 aliphatic carbocycles. The van der Waals surface area contributed by atoms with Crippen LogP contribution in [-0.4, -0.2) is 10.2 Å². The lowest BCUT2D eigenvalue weighted by Gasteiger charge is -2.02. The number of aromatic nitrogens is 2. The average molecular weight is 175 g/mol. The maximum Gasteiger partial charge on any atom is 0.247 e. The molecule has 0 radical (unpaired) electrons. The Kier molecular flexibility index (Phi) is 1.73. The van der Waals surface area contributed by atoms with Crippen LogP contribution in [0.25, 0.3) is 11.5 Å². The molecular weight excluding hydrogens is 166 g/mol. The molecule has 66 valence electrons. The summed E-state index contributed by atoms with van der Waals surface area (Å²) in [5.41, 5.74) is 8.32. The zero-order valence-electron chi connectivity index (χ0n) is 7.19. The predicted molar refractivity (Wildman–Crippen MR) is 48.9 cm³/mol. The van der Waals surface area contributed by atoms with Gasteiger partial charge >= 0.3 is 0 Å². The van der Waals surface area contributed by atoms with E-state index in [2.05, 4.69) is 10.2 Å². The molecule has 0 fully saturated rings. The van der Waals surface area contributed by atoms with Crippen LogP contribution in [0.15, 0.2) is 29.0 Å². The van der Waals surface area contributed by atoms with Gasteiger partial charge < -0.3 is 10.2 Å². The molecule has 2 aromatic rings. The normalized spacial score (nSPS) is 10.2. The van der Waals surface area contributed by atoms with Gasteiger partial charge in [0.25, 0.3) is 0 Å². The maximum atomic E-state index is 5.74. The highest BCUT2D eigenvalue weighted by Crippen LogP contribution is 2.24. The molecule has 2 rings (SSSR count). The highest BCUT2D eigenvalue weighted by atomic mass is 16.4. The van der Waals surface area contributed by atoms with Gasteiger partial charge in [0, 0.05) is 11.3 Å². The lowest BCUT2D eigenvalue weighted by molar-refractivity contribution is 0.568. The van der Waals surface area contributed by atoms with Crippen LogP contribution < -0.4 is 5.73 Å². The standard InChI is InChI=1S/C9H9N3O/c1-6-7(3-2-4-8(6)10)9-12-11-5-13-9/h2-5H,10H2,1H3. The summed E-state index contributed by atoms with van der Waals surface area (Å²) < 4.78 is 5.08. The van der Waals surface area contributed by atoms with Crippen LogP contribution in [0.4, 0.5) is 5.69 Å². The van der Waals surface area contributed by atoms with Crippen LogP contribution in [0.5, 0.6) is 0 Å². The van der Waals surface area contributed by atoms with E-state index in [9.17, 15) is 0 Å². The van der Waals surface area contributed by atoms with Crippen LogP contribution >= 0.6 is 0 Å². The Labute approximate surface area is 75.4 Å². The van der Waals surface area contributed by atoms with Crippen LogP contribution in [-0.2, 0) is 0 Å². The van der Waals surface area contributed by atoms with Gasteiger partial charge in [-0.3, -0.25) is 0 Å². The highest BCUT2D eigenvalue weighted by Gasteiger charge is 2.07. The minimum absolute atomic E-state index is 0.504. The van der Waals surface area contributed by atoms with Crippen LogP contribution in [0, 0.1) is 6.92 Å². The molecule has 0 spiro atoms. The topological polar surface area (TPSA) is 64.9 Å². The van der Waals surface area contributed by atoms with E-state index in [0.29, 0.717) is 5.89 Å². The fourth-order valence-electron chi connectivity index (χ4n) is 1.18. The molecule has 4 heteroatoms. The summed E-state index contributed by atoms with van der Waals surface area (Å²) in [6, 6.07) is 5.61. The van der Waals surface area contributed by atoms with Gasteiger partial charge in [-0.05, 0) is 24.6 Å². The first kappa shape index (κ1) is 7.79. The maximum absolute atomic E-state index is 5.74. The molecule has 0 saturated carbocycles. The Morgan fingerprint density at radius 2 is 2.23 bits per heavy atom. The second-order valence-electron chi connectivity index (χ2n) is 2.76. The molecule has 4 nitrogen and oxygen atoms in total. The van der Waals surface area contributed by atoms with Crippen LogP contribution in [0.2, 0.25) is 0 Å². The van der Waals surface area contributed by atoms with Crippen molar-refractivity contribution in [1.29, 1.82) is 0 Å². The predicted octanol–water partition coefficient (Wildman–Crippen LogP) is 1.63. The van der Waals surface area contributed by atoms with Gasteiger partial charge in [0.05, 0.1) is 0 Å². The van der Waals surface area contributed by atoms with E-state index in [1.54, 1.807) is 0 Å². The van der Waals surface area contributed by atoms with Gasteiger partial charge in [0.2, 0.25) is 12.3 Å². The molecule has 2 N–H and O–H groups in total. The molecule has 1 aromatic carbocycles. The van der Waals surface area contributed by atoms with Gasteiger partial charge in [-0.2, -0.15) is 0 Å². The summed E-state index contributed by atoms with van der Waals surface area (Å²) in [7, 11) is 0. The smallest absolute Gasteiger partial charge is 0.247 e. The SMILES string of the molecule is Cc1c(N)cccc1-c1nnco1. The second-order valence-corrected chi connectivity index (χ2v) is 2.76. The first-order valence-electron chi connectivity index (χ1n) is 3.90. The number of hydrogen-bond donors (Lipinski definition) is 1. The first-order chi connectivity index (χ1) is 6.29. The molecule has 13 heavy (non-hydrogen) atoms. The van der Waals surface area contributed by atoms with Crippen molar-refractivity contribution in [1.82, 2.24) is 10.2 Å². The third kappa shape index (κ3) is 1.26. The zero-order chi connectivity index (χ0) is 9.26. The molecule has 0 bridgehead atoms. The van der Waals surface area contributed by atoms with E-state index in [1.165, 1.54) is 6.39 Å². The third-order valence-corrected chi connectivity index (χ3v) is 1.97. The van der Waals surface area contributed by atoms with Crippen molar-refractivity contribution in [2.24, 2.45) is 0 Å². The second kappa shape index (κ2) is 2.90. The Morgan fingerprint density at radius 3 is 2.92 bits per heavy atom. The number of hydrogen-bond acceptors (Lipinski definition) is 4. The van der Waals surface area contributed by atoms with Crippen LogP contribution in [0.3, 0.4) is 0 Å². The van der Waals surface area contributed by atoms with Gasteiger partial charge in [-0.25, -0.2) is 0 Å². The molecule has 0 aliphatic heterocycles. The van der Waals surface area contributed by atoms with Gasteiger partial charge in [0.1, 0.15) is 0 Å². The van der Waals surface area contributed by atoms with Gasteiger partial charge in [-0.1, -0.05) is 6.07 Å². The summed E-state index contributed by atoms with van der Waals surface area (Å²) >= 11 is 0. The van der Waals surface area contributed by atoms with Crippen molar-refractivity contribution in [2.75, 3.05) is 5.73 Å². The van der Waals surface area contributed by atoms with Crippen molar-refractivity contribution in [3.63, 3.8) is 0 Å². The molecule has 0 aliphatic rings. The summed E-state index contributed by atoms with van der Waals surface area (Å²) in [4.78, 5) is 0. The highest BCUT2D eigenvalue weighted by molar-refractivity contribution is 5.66. The van der Waals surface area contributed by atoms with Crippen molar-refractivity contribution >= 4 is 5.69 Å². The molecule has 0 saturated heterocycles. The van der Waals surface area contributed by atoms with Crippen molar-refractivity contribution in [2.45, 2.75) is 6.92 Å². The van der Waals surface area contributed by atoms with E-state index in [4.69, 9.17) is 10.2 Å². The van der Waals surface area contributed by atoms with Gasteiger partial charge in [-0.15, -0.1) is 10.2 Å². The fourth-order valence-corrected chi connectivity index (χ4v) is 1.18. The number of nitrogens with two attached hydrogens (primary N) is 1. The fraction of sp³-hybridized carbons (Fsp3) is 0.111. The summed E-state index contributed by atoms with van der Waals surface area (Å²) in [5.74, 6) is 0.504. The van der Waals surface area contributed by atoms with E-state index in [1.807, 2.05) is 25.1 Å². The first-order valence-corrected chi connectivity index (χ1v) is 3.90. The molecule has 0 atom stereocenters. The molecular formula is C9H9N3O. The average Bonchev–Trinajstić information content (AvgIpc) is 2.62. The van der Waals surface area contributed by atoms with Gasteiger partial charge in [0.15, 0.2) is 0 Å². The zero-order valence-corrected chi connectivity index (χ0v) is 7.19. The Bertz CT molecular complexity index is 409.